The molecule has 0 aliphatic heterocycles. The molecule has 0 aliphatic rings. The van der Waals surface area contributed by atoms with Gasteiger partial charge in [-0.25, -0.2) is 4.79 Å². The number of ether oxygens (including phenoxy) is 2. The number of hydrogen-bond acceptors (Lipinski definition) is 3. The number of hydrogen-bond donors (Lipinski definition) is 1. The second-order valence-electron chi connectivity index (χ2n) is 2.90. The lowest BCUT2D eigenvalue weighted by Gasteiger charge is -2.16. The Labute approximate surface area is 85.7 Å². The summed E-state index contributed by atoms with van der Waals surface area (Å²) in [6, 6.07) is -0.337. The Hall–Kier alpha value is -0.980. The van der Waals surface area contributed by atoms with Crippen LogP contribution in [0.3, 0.4) is 0 Å². The standard InChI is InChI=1S/C8H14F3NO3/c1-3-6(4-14-2)12-7(13)15-5-8(9,10)11/h6H,3-5H2,1-2H3,(H,12,13). The zero-order chi connectivity index (χ0) is 11.9. The Morgan fingerprint density at radius 1 is 1.47 bits per heavy atom. The Bertz CT molecular complexity index is 196. The zero-order valence-corrected chi connectivity index (χ0v) is 8.56. The lowest BCUT2D eigenvalue weighted by Crippen LogP contribution is -2.39. The van der Waals surface area contributed by atoms with Crippen molar-refractivity contribution in [3.05, 3.63) is 0 Å². The lowest BCUT2D eigenvalue weighted by molar-refractivity contribution is -0.160. The third-order valence-corrected chi connectivity index (χ3v) is 1.55. The van der Waals surface area contributed by atoms with Gasteiger partial charge in [0, 0.05) is 7.11 Å². The fourth-order valence-corrected chi connectivity index (χ4v) is 0.818. The van der Waals surface area contributed by atoms with Gasteiger partial charge in [0.05, 0.1) is 12.6 Å². The molecule has 7 heteroatoms. The Morgan fingerprint density at radius 3 is 2.47 bits per heavy atom. The number of carbonyl (C=O) groups excluding carboxylic acids is 1. The number of amides is 1. The molecule has 0 fully saturated rings. The highest BCUT2D eigenvalue weighted by Crippen LogP contribution is 2.14. The highest BCUT2D eigenvalue weighted by molar-refractivity contribution is 5.67. The van der Waals surface area contributed by atoms with Crippen LogP contribution in [0.1, 0.15) is 13.3 Å². The van der Waals surface area contributed by atoms with Crippen LogP contribution in [0.25, 0.3) is 0 Å². The van der Waals surface area contributed by atoms with Gasteiger partial charge < -0.3 is 14.8 Å². The first-order valence-electron chi connectivity index (χ1n) is 4.38. The largest absolute Gasteiger partial charge is 0.440 e. The van der Waals surface area contributed by atoms with E-state index in [0.29, 0.717) is 6.42 Å². The van der Waals surface area contributed by atoms with Crippen molar-refractivity contribution in [2.45, 2.75) is 25.6 Å². The van der Waals surface area contributed by atoms with Crippen molar-refractivity contribution >= 4 is 6.09 Å². The van der Waals surface area contributed by atoms with Crippen LogP contribution in [0, 0.1) is 0 Å². The number of nitrogens with one attached hydrogen (secondary N) is 1. The molecule has 1 unspecified atom stereocenters. The number of alkyl carbamates (subject to hydrolysis) is 1. The average Bonchev–Trinajstić information content (AvgIpc) is 2.13. The van der Waals surface area contributed by atoms with Gasteiger partial charge in [-0.05, 0) is 6.42 Å². The minimum Gasteiger partial charge on any atom is -0.440 e. The van der Waals surface area contributed by atoms with E-state index < -0.39 is 18.9 Å². The topological polar surface area (TPSA) is 47.6 Å². The maximum absolute atomic E-state index is 11.7. The second kappa shape index (κ2) is 6.49. The van der Waals surface area contributed by atoms with Crippen molar-refractivity contribution < 1.29 is 27.4 Å². The van der Waals surface area contributed by atoms with Crippen LogP contribution in [0.15, 0.2) is 0 Å². The Morgan fingerprint density at radius 2 is 2.07 bits per heavy atom. The number of alkyl halides is 3. The highest BCUT2D eigenvalue weighted by atomic mass is 19.4. The van der Waals surface area contributed by atoms with E-state index in [0.717, 1.165) is 0 Å². The molecular formula is C8H14F3NO3. The van der Waals surface area contributed by atoms with Crippen LogP contribution in [-0.2, 0) is 9.47 Å². The first-order valence-corrected chi connectivity index (χ1v) is 4.38. The van der Waals surface area contributed by atoms with Gasteiger partial charge >= 0.3 is 12.3 Å². The van der Waals surface area contributed by atoms with E-state index >= 15 is 0 Å². The summed E-state index contributed by atoms with van der Waals surface area (Å²) in [6.45, 7) is 0.424. The second-order valence-corrected chi connectivity index (χ2v) is 2.90. The van der Waals surface area contributed by atoms with E-state index in [1.54, 1.807) is 6.92 Å². The molecule has 0 aromatic heterocycles. The van der Waals surface area contributed by atoms with E-state index in [-0.39, 0.29) is 12.6 Å². The maximum atomic E-state index is 11.7. The quantitative estimate of drug-likeness (QED) is 0.780. The maximum Gasteiger partial charge on any atom is 0.422 e. The summed E-state index contributed by atoms with van der Waals surface area (Å²) in [5.74, 6) is 0. The number of halogens is 3. The van der Waals surface area contributed by atoms with Gasteiger partial charge in [0.2, 0.25) is 0 Å². The first-order chi connectivity index (χ1) is 6.89. The molecule has 0 aromatic carbocycles. The minimum atomic E-state index is -4.50. The van der Waals surface area contributed by atoms with Crippen LogP contribution < -0.4 is 5.32 Å². The molecule has 0 saturated heterocycles. The van der Waals surface area contributed by atoms with Crippen LogP contribution in [0.2, 0.25) is 0 Å². The monoisotopic (exact) mass is 229 g/mol. The van der Waals surface area contributed by atoms with Crippen molar-refractivity contribution in [2.24, 2.45) is 0 Å². The molecule has 0 heterocycles. The van der Waals surface area contributed by atoms with Crippen molar-refractivity contribution in [3.8, 4) is 0 Å². The summed E-state index contributed by atoms with van der Waals surface area (Å²) in [5.41, 5.74) is 0. The summed E-state index contributed by atoms with van der Waals surface area (Å²) in [7, 11) is 1.44. The van der Waals surface area contributed by atoms with Crippen molar-refractivity contribution in [3.63, 3.8) is 0 Å². The van der Waals surface area contributed by atoms with E-state index in [1.165, 1.54) is 7.11 Å². The van der Waals surface area contributed by atoms with E-state index in [2.05, 4.69) is 10.1 Å². The van der Waals surface area contributed by atoms with E-state index in [4.69, 9.17) is 4.74 Å². The van der Waals surface area contributed by atoms with Gasteiger partial charge in [0.1, 0.15) is 0 Å². The average molecular weight is 229 g/mol. The summed E-state index contributed by atoms with van der Waals surface area (Å²) in [6.07, 6.45) is -5.04. The smallest absolute Gasteiger partial charge is 0.422 e. The SMILES string of the molecule is CCC(COC)NC(=O)OCC(F)(F)F. The third kappa shape index (κ3) is 8.04. The molecule has 0 aromatic rings. The normalized spacial score (nSPS) is 13.4. The summed E-state index contributed by atoms with van der Waals surface area (Å²) in [4.78, 5) is 10.8. The van der Waals surface area contributed by atoms with Gasteiger partial charge in [-0.2, -0.15) is 13.2 Å². The molecule has 1 atom stereocenters. The van der Waals surface area contributed by atoms with Crippen LogP contribution >= 0.6 is 0 Å². The molecule has 90 valence electrons. The molecule has 0 bridgehead atoms. The Kier molecular flexibility index (Phi) is 6.07. The summed E-state index contributed by atoms with van der Waals surface area (Å²) in [5, 5.41) is 2.25. The fourth-order valence-electron chi connectivity index (χ4n) is 0.818. The Balaban J connectivity index is 3.81. The van der Waals surface area contributed by atoms with Gasteiger partial charge in [0.25, 0.3) is 0 Å². The van der Waals surface area contributed by atoms with Crippen LogP contribution in [0.4, 0.5) is 18.0 Å². The molecule has 0 spiro atoms. The van der Waals surface area contributed by atoms with Crippen molar-refractivity contribution in [1.29, 1.82) is 0 Å². The van der Waals surface area contributed by atoms with E-state index in [9.17, 15) is 18.0 Å². The molecule has 0 saturated carbocycles. The van der Waals surface area contributed by atoms with Crippen molar-refractivity contribution in [1.82, 2.24) is 5.32 Å². The molecular weight excluding hydrogens is 215 g/mol. The predicted molar refractivity (Wildman–Crippen MR) is 46.5 cm³/mol. The van der Waals surface area contributed by atoms with Gasteiger partial charge in [-0.15, -0.1) is 0 Å². The van der Waals surface area contributed by atoms with E-state index in [1.807, 2.05) is 0 Å². The van der Waals surface area contributed by atoms with Crippen LogP contribution in [0.5, 0.6) is 0 Å². The van der Waals surface area contributed by atoms with Crippen molar-refractivity contribution in [2.75, 3.05) is 20.3 Å². The highest BCUT2D eigenvalue weighted by Gasteiger charge is 2.29. The predicted octanol–water partition coefficient (Wildman–Crippen LogP) is 1.70. The zero-order valence-electron chi connectivity index (χ0n) is 8.56. The summed E-state index contributed by atoms with van der Waals surface area (Å²) >= 11 is 0. The molecule has 0 aliphatic carbocycles. The molecule has 0 radical (unpaired) electrons. The number of carbonyl (C=O) groups is 1. The number of methoxy groups -OCH3 is 1. The van der Waals surface area contributed by atoms with Gasteiger partial charge in [-0.1, -0.05) is 6.92 Å². The molecule has 4 nitrogen and oxygen atoms in total. The van der Waals surface area contributed by atoms with Gasteiger partial charge in [-0.3, -0.25) is 0 Å². The fraction of sp³-hybridized carbons (Fsp3) is 0.875. The van der Waals surface area contributed by atoms with Crippen LogP contribution in [-0.4, -0.2) is 38.6 Å². The molecule has 15 heavy (non-hydrogen) atoms. The lowest BCUT2D eigenvalue weighted by atomic mass is 10.2. The molecule has 1 N–H and O–H groups in total. The third-order valence-electron chi connectivity index (χ3n) is 1.55. The molecule has 0 rings (SSSR count). The summed E-state index contributed by atoms with van der Waals surface area (Å²) < 4.78 is 43.7. The number of rotatable bonds is 5. The van der Waals surface area contributed by atoms with Gasteiger partial charge in [0.15, 0.2) is 6.61 Å². The minimum absolute atomic E-state index is 0.234. The molecule has 1 amide bonds. The first kappa shape index (κ1) is 14.0.